The topological polar surface area (TPSA) is 46.2 Å². The lowest BCUT2D eigenvalue weighted by Crippen LogP contribution is -2.29. The SMILES string of the molecule is CCCCCCC/C=C/C=C/[C@H](O)[C@H](C)N. The highest BCUT2D eigenvalue weighted by Gasteiger charge is 2.02. The lowest BCUT2D eigenvalue weighted by Gasteiger charge is -2.07. The van der Waals surface area contributed by atoms with Gasteiger partial charge in [0, 0.05) is 6.04 Å². The van der Waals surface area contributed by atoms with Crippen LogP contribution in [0.2, 0.25) is 0 Å². The maximum absolute atomic E-state index is 9.38. The zero-order valence-electron chi connectivity index (χ0n) is 10.7. The minimum absolute atomic E-state index is 0.196. The van der Waals surface area contributed by atoms with Gasteiger partial charge in [0.1, 0.15) is 0 Å². The molecule has 3 N–H and O–H groups in total. The molecule has 2 heteroatoms. The van der Waals surface area contributed by atoms with Crippen molar-refractivity contribution in [3.8, 4) is 0 Å². The minimum Gasteiger partial charge on any atom is -0.387 e. The fraction of sp³-hybridized carbons (Fsp3) is 0.714. The standard InChI is InChI=1S/C14H27NO/c1-3-4-5-6-7-8-9-10-11-12-14(16)13(2)15/h9-14,16H,3-8,15H2,1-2H3/b10-9+,12-11+/t13-,14-/m0/s1. The first-order valence-electron chi connectivity index (χ1n) is 6.45. The fourth-order valence-electron chi connectivity index (χ4n) is 1.39. The third-order valence-electron chi connectivity index (χ3n) is 2.57. The van der Waals surface area contributed by atoms with Crippen molar-refractivity contribution in [1.82, 2.24) is 0 Å². The summed E-state index contributed by atoms with van der Waals surface area (Å²) in [6.07, 6.45) is 14.9. The maximum Gasteiger partial charge on any atom is 0.0872 e. The molecule has 0 aromatic rings. The smallest absolute Gasteiger partial charge is 0.0872 e. The molecule has 0 aliphatic rings. The van der Waals surface area contributed by atoms with Crippen LogP contribution in [0.3, 0.4) is 0 Å². The zero-order chi connectivity index (χ0) is 12.2. The van der Waals surface area contributed by atoms with Crippen LogP contribution in [0.1, 0.15) is 52.4 Å². The molecular formula is C14H27NO. The van der Waals surface area contributed by atoms with Gasteiger partial charge in [0.15, 0.2) is 0 Å². The van der Waals surface area contributed by atoms with E-state index in [0.717, 1.165) is 6.42 Å². The van der Waals surface area contributed by atoms with Gasteiger partial charge in [-0.2, -0.15) is 0 Å². The van der Waals surface area contributed by atoms with E-state index in [1.165, 1.54) is 32.1 Å². The lowest BCUT2D eigenvalue weighted by atomic mass is 10.1. The molecule has 0 saturated heterocycles. The molecule has 0 rings (SSSR count). The van der Waals surface area contributed by atoms with Crippen molar-refractivity contribution in [3.05, 3.63) is 24.3 Å². The second kappa shape index (κ2) is 10.9. The Hall–Kier alpha value is -0.600. The van der Waals surface area contributed by atoms with Crippen LogP contribution in [0.15, 0.2) is 24.3 Å². The molecular weight excluding hydrogens is 198 g/mol. The average Bonchev–Trinajstić information content (AvgIpc) is 2.26. The molecule has 2 atom stereocenters. The highest BCUT2D eigenvalue weighted by molar-refractivity contribution is 5.05. The van der Waals surface area contributed by atoms with Crippen LogP contribution in [0.5, 0.6) is 0 Å². The third kappa shape index (κ3) is 9.94. The van der Waals surface area contributed by atoms with E-state index < -0.39 is 6.10 Å². The van der Waals surface area contributed by atoms with E-state index in [-0.39, 0.29) is 6.04 Å². The molecule has 0 radical (unpaired) electrons. The molecule has 0 aromatic heterocycles. The Morgan fingerprint density at radius 3 is 2.44 bits per heavy atom. The number of allylic oxidation sites excluding steroid dienone is 3. The molecule has 0 bridgehead atoms. The molecule has 0 fully saturated rings. The van der Waals surface area contributed by atoms with Crippen molar-refractivity contribution in [2.45, 2.75) is 64.5 Å². The van der Waals surface area contributed by atoms with Gasteiger partial charge >= 0.3 is 0 Å². The van der Waals surface area contributed by atoms with Gasteiger partial charge in [-0.1, -0.05) is 56.9 Å². The molecule has 0 heterocycles. The molecule has 0 amide bonds. The van der Waals surface area contributed by atoms with Crippen molar-refractivity contribution < 1.29 is 5.11 Å². The molecule has 0 saturated carbocycles. The Labute approximate surface area is 100 Å². The van der Waals surface area contributed by atoms with Gasteiger partial charge in [-0.05, 0) is 19.8 Å². The monoisotopic (exact) mass is 225 g/mol. The molecule has 0 aliphatic heterocycles. The van der Waals surface area contributed by atoms with Crippen LogP contribution < -0.4 is 5.73 Å². The Kier molecular flexibility index (Phi) is 10.5. The predicted molar refractivity (Wildman–Crippen MR) is 71.3 cm³/mol. The summed E-state index contributed by atoms with van der Waals surface area (Å²) in [4.78, 5) is 0. The largest absolute Gasteiger partial charge is 0.387 e. The van der Waals surface area contributed by atoms with Gasteiger partial charge in [-0.15, -0.1) is 0 Å². The van der Waals surface area contributed by atoms with Crippen LogP contribution >= 0.6 is 0 Å². The number of aliphatic hydroxyl groups excluding tert-OH is 1. The molecule has 94 valence electrons. The predicted octanol–water partition coefficient (Wildman–Crippen LogP) is 3.17. The van der Waals surface area contributed by atoms with E-state index in [9.17, 15) is 5.11 Å². The Bertz CT molecular complexity index is 197. The van der Waals surface area contributed by atoms with Crippen LogP contribution in [0.25, 0.3) is 0 Å². The van der Waals surface area contributed by atoms with Crippen LogP contribution in [0, 0.1) is 0 Å². The number of hydrogen-bond donors (Lipinski definition) is 2. The number of hydrogen-bond acceptors (Lipinski definition) is 2. The first kappa shape index (κ1) is 15.4. The Morgan fingerprint density at radius 2 is 1.81 bits per heavy atom. The first-order valence-corrected chi connectivity index (χ1v) is 6.45. The van der Waals surface area contributed by atoms with Crippen molar-refractivity contribution in [2.24, 2.45) is 5.73 Å². The molecule has 0 aromatic carbocycles. The highest BCUT2D eigenvalue weighted by atomic mass is 16.3. The van der Waals surface area contributed by atoms with Crippen LogP contribution in [-0.2, 0) is 0 Å². The minimum atomic E-state index is -0.533. The Balaban J connectivity index is 3.40. The summed E-state index contributed by atoms with van der Waals surface area (Å²) in [5.41, 5.74) is 5.52. The van der Waals surface area contributed by atoms with E-state index >= 15 is 0 Å². The van der Waals surface area contributed by atoms with Crippen molar-refractivity contribution in [1.29, 1.82) is 0 Å². The molecule has 0 aliphatic carbocycles. The second-order valence-electron chi connectivity index (χ2n) is 4.37. The molecule has 16 heavy (non-hydrogen) atoms. The first-order chi connectivity index (χ1) is 7.68. The fourth-order valence-corrected chi connectivity index (χ4v) is 1.39. The third-order valence-corrected chi connectivity index (χ3v) is 2.57. The summed E-state index contributed by atoms with van der Waals surface area (Å²) in [7, 11) is 0. The van der Waals surface area contributed by atoms with Gasteiger partial charge in [-0.25, -0.2) is 0 Å². The summed E-state index contributed by atoms with van der Waals surface area (Å²) in [6.45, 7) is 4.03. The van der Waals surface area contributed by atoms with Gasteiger partial charge in [-0.3, -0.25) is 0 Å². The van der Waals surface area contributed by atoms with Gasteiger partial charge < -0.3 is 10.8 Å². The molecule has 2 nitrogen and oxygen atoms in total. The second-order valence-corrected chi connectivity index (χ2v) is 4.37. The number of rotatable bonds is 9. The number of unbranched alkanes of at least 4 members (excludes halogenated alkanes) is 5. The van der Waals surface area contributed by atoms with Gasteiger partial charge in [0.2, 0.25) is 0 Å². The maximum atomic E-state index is 9.38. The van der Waals surface area contributed by atoms with Crippen LogP contribution in [0.4, 0.5) is 0 Å². The van der Waals surface area contributed by atoms with E-state index in [4.69, 9.17) is 5.73 Å². The molecule has 0 spiro atoms. The zero-order valence-corrected chi connectivity index (χ0v) is 10.7. The van der Waals surface area contributed by atoms with Gasteiger partial charge in [0.25, 0.3) is 0 Å². The van der Waals surface area contributed by atoms with E-state index in [0.29, 0.717) is 0 Å². The molecule has 0 unspecified atom stereocenters. The van der Waals surface area contributed by atoms with Crippen molar-refractivity contribution in [2.75, 3.05) is 0 Å². The number of aliphatic hydroxyl groups is 1. The summed E-state index contributed by atoms with van der Waals surface area (Å²) in [6, 6.07) is -0.196. The summed E-state index contributed by atoms with van der Waals surface area (Å²) in [5, 5.41) is 9.38. The van der Waals surface area contributed by atoms with Crippen LogP contribution in [-0.4, -0.2) is 17.3 Å². The number of nitrogens with two attached hydrogens (primary N) is 1. The van der Waals surface area contributed by atoms with E-state index in [1.54, 1.807) is 13.0 Å². The average molecular weight is 225 g/mol. The van der Waals surface area contributed by atoms with Gasteiger partial charge in [0.05, 0.1) is 6.10 Å². The summed E-state index contributed by atoms with van der Waals surface area (Å²) in [5.74, 6) is 0. The summed E-state index contributed by atoms with van der Waals surface area (Å²) >= 11 is 0. The normalized spacial score (nSPS) is 16.0. The lowest BCUT2D eigenvalue weighted by molar-refractivity contribution is 0.198. The van der Waals surface area contributed by atoms with Crippen molar-refractivity contribution >= 4 is 0 Å². The van der Waals surface area contributed by atoms with E-state index in [2.05, 4.69) is 13.0 Å². The van der Waals surface area contributed by atoms with Crippen molar-refractivity contribution in [3.63, 3.8) is 0 Å². The highest BCUT2D eigenvalue weighted by Crippen LogP contribution is 2.05. The van der Waals surface area contributed by atoms with E-state index in [1.807, 2.05) is 12.2 Å². The summed E-state index contributed by atoms with van der Waals surface area (Å²) < 4.78 is 0. The quantitative estimate of drug-likeness (QED) is 0.467. The Morgan fingerprint density at radius 1 is 1.12 bits per heavy atom.